The Labute approximate surface area is 179 Å². The van der Waals surface area contributed by atoms with E-state index in [0.29, 0.717) is 31.7 Å². The average Bonchev–Trinajstić information content (AvgIpc) is 3.52. The smallest absolute Gasteiger partial charge is 0.264 e. The molecule has 7 heteroatoms. The van der Waals surface area contributed by atoms with Crippen molar-refractivity contribution in [1.82, 2.24) is 14.8 Å². The van der Waals surface area contributed by atoms with Crippen LogP contribution in [0.4, 0.5) is 5.82 Å². The summed E-state index contributed by atoms with van der Waals surface area (Å²) in [6.07, 6.45) is 2.26. The summed E-state index contributed by atoms with van der Waals surface area (Å²) in [5.41, 5.74) is 1.59. The van der Waals surface area contributed by atoms with Crippen molar-refractivity contribution >= 4 is 39.9 Å². The van der Waals surface area contributed by atoms with Gasteiger partial charge in [-0.1, -0.05) is 24.3 Å². The number of benzene rings is 1. The second-order valence-corrected chi connectivity index (χ2v) is 8.76. The first kappa shape index (κ1) is 19.1. The minimum atomic E-state index is 0.0124. The summed E-state index contributed by atoms with van der Waals surface area (Å²) in [5.74, 6) is 0.869. The molecule has 2 aliphatic rings. The summed E-state index contributed by atoms with van der Waals surface area (Å²) in [5, 5.41) is 2.90. The predicted octanol–water partition coefficient (Wildman–Crippen LogP) is 3.49. The molecule has 0 spiro atoms. The third-order valence-electron chi connectivity index (χ3n) is 5.93. The van der Waals surface area contributed by atoms with Gasteiger partial charge in [0.25, 0.3) is 11.8 Å². The zero-order chi connectivity index (χ0) is 20.5. The van der Waals surface area contributed by atoms with Gasteiger partial charge < -0.3 is 14.7 Å². The standard InChI is InChI=1S/C23H24N4O2S/c28-22(26-11-13-27(14-12-26)23(29)20-8-5-15-30-20)18-16-17-6-1-2-7-19(17)24-21(18)25-9-3-4-10-25/h1-2,5-8,15-16H,3-4,9-14H2. The van der Waals surface area contributed by atoms with Crippen molar-refractivity contribution in [3.63, 3.8) is 0 Å². The number of para-hydroxylation sites is 1. The van der Waals surface area contributed by atoms with Gasteiger partial charge in [0.2, 0.25) is 0 Å². The van der Waals surface area contributed by atoms with Crippen molar-refractivity contribution < 1.29 is 9.59 Å². The molecule has 2 saturated heterocycles. The Balaban J connectivity index is 1.38. The fourth-order valence-electron chi connectivity index (χ4n) is 4.27. The van der Waals surface area contributed by atoms with E-state index in [2.05, 4.69) is 4.90 Å². The highest BCUT2D eigenvalue weighted by atomic mass is 32.1. The van der Waals surface area contributed by atoms with Crippen molar-refractivity contribution in [1.29, 1.82) is 0 Å². The van der Waals surface area contributed by atoms with Gasteiger partial charge in [-0.05, 0) is 36.4 Å². The van der Waals surface area contributed by atoms with Crippen LogP contribution in [0, 0.1) is 0 Å². The quantitative estimate of drug-likeness (QED) is 0.651. The first-order valence-electron chi connectivity index (χ1n) is 10.5. The molecule has 3 aromatic rings. The summed E-state index contributed by atoms with van der Waals surface area (Å²) >= 11 is 1.46. The summed E-state index contributed by atoms with van der Waals surface area (Å²) in [6, 6.07) is 13.7. The van der Waals surface area contributed by atoms with Crippen LogP contribution in [0.5, 0.6) is 0 Å². The lowest BCUT2D eigenvalue weighted by molar-refractivity contribution is 0.0538. The van der Waals surface area contributed by atoms with Crippen molar-refractivity contribution in [2.24, 2.45) is 0 Å². The number of carbonyl (C=O) groups is 2. The third-order valence-corrected chi connectivity index (χ3v) is 6.78. The van der Waals surface area contributed by atoms with Crippen molar-refractivity contribution in [3.8, 4) is 0 Å². The zero-order valence-corrected chi connectivity index (χ0v) is 17.6. The van der Waals surface area contributed by atoms with Crippen molar-refractivity contribution in [3.05, 3.63) is 58.3 Å². The van der Waals surface area contributed by atoms with Crippen LogP contribution >= 0.6 is 11.3 Å². The maximum absolute atomic E-state index is 13.5. The van der Waals surface area contributed by atoms with Crippen LogP contribution in [0.3, 0.4) is 0 Å². The number of rotatable bonds is 3. The first-order valence-corrected chi connectivity index (χ1v) is 11.4. The molecule has 2 aromatic heterocycles. The average molecular weight is 421 g/mol. The molecule has 0 saturated carbocycles. The Bertz CT molecular complexity index is 1070. The number of aromatic nitrogens is 1. The van der Waals surface area contributed by atoms with Crippen molar-refractivity contribution in [2.45, 2.75) is 12.8 Å². The van der Waals surface area contributed by atoms with E-state index >= 15 is 0 Å². The lowest BCUT2D eigenvalue weighted by Crippen LogP contribution is -2.50. The monoisotopic (exact) mass is 420 g/mol. The van der Waals surface area contributed by atoms with Gasteiger partial charge in [0.1, 0.15) is 5.82 Å². The van der Waals surface area contributed by atoms with Gasteiger partial charge in [0.05, 0.1) is 16.0 Å². The minimum absolute atomic E-state index is 0.0124. The molecule has 1 aromatic carbocycles. The number of piperazine rings is 1. The molecule has 2 fully saturated rings. The van der Waals surface area contributed by atoms with E-state index < -0.39 is 0 Å². The normalized spacial score (nSPS) is 17.0. The fourth-order valence-corrected chi connectivity index (χ4v) is 4.96. The van der Waals surface area contributed by atoms with Crippen LogP contribution in [-0.4, -0.2) is 65.9 Å². The number of anilines is 1. The summed E-state index contributed by atoms with van der Waals surface area (Å²) in [6.45, 7) is 4.08. The first-order chi connectivity index (χ1) is 14.7. The molecule has 4 heterocycles. The summed E-state index contributed by atoms with van der Waals surface area (Å²) < 4.78 is 0. The van der Waals surface area contributed by atoms with E-state index in [0.717, 1.165) is 47.5 Å². The van der Waals surface area contributed by atoms with E-state index in [9.17, 15) is 9.59 Å². The molecule has 2 amide bonds. The highest BCUT2D eigenvalue weighted by Gasteiger charge is 2.29. The van der Waals surface area contributed by atoms with Gasteiger partial charge in [0.15, 0.2) is 0 Å². The Morgan fingerprint density at radius 1 is 0.833 bits per heavy atom. The molecule has 6 nitrogen and oxygen atoms in total. The van der Waals surface area contributed by atoms with Crippen LogP contribution in [0.2, 0.25) is 0 Å². The molecule has 5 rings (SSSR count). The summed E-state index contributed by atoms with van der Waals surface area (Å²) in [4.78, 5) is 37.6. The Hall–Kier alpha value is -2.93. The topological polar surface area (TPSA) is 56.8 Å². The second kappa shape index (κ2) is 8.07. The summed E-state index contributed by atoms with van der Waals surface area (Å²) in [7, 11) is 0. The molecule has 2 aliphatic heterocycles. The minimum Gasteiger partial charge on any atom is -0.356 e. The molecule has 0 bridgehead atoms. The van der Waals surface area contributed by atoms with Crippen LogP contribution in [0.15, 0.2) is 47.8 Å². The molecule has 0 unspecified atom stereocenters. The largest absolute Gasteiger partial charge is 0.356 e. The Kier molecular flexibility index (Phi) is 5.12. The van der Waals surface area contributed by atoms with E-state index in [1.807, 2.05) is 57.6 Å². The molecule has 154 valence electrons. The van der Waals surface area contributed by atoms with E-state index in [1.54, 1.807) is 0 Å². The molecule has 0 atom stereocenters. The van der Waals surface area contributed by atoms with Gasteiger partial charge in [-0.15, -0.1) is 11.3 Å². The number of nitrogens with zero attached hydrogens (tertiary/aromatic N) is 4. The number of hydrogen-bond donors (Lipinski definition) is 0. The molecular formula is C23H24N4O2S. The highest BCUT2D eigenvalue weighted by Crippen LogP contribution is 2.28. The maximum atomic E-state index is 13.5. The molecular weight excluding hydrogens is 396 g/mol. The third kappa shape index (κ3) is 3.54. The fraction of sp³-hybridized carbons (Fsp3) is 0.348. The van der Waals surface area contributed by atoms with Crippen LogP contribution in [-0.2, 0) is 0 Å². The van der Waals surface area contributed by atoms with E-state index in [-0.39, 0.29) is 11.8 Å². The molecule has 0 radical (unpaired) electrons. The highest BCUT2D eigenvalue weighted by molar-refractivity contribution is 7.12. The molecule has 30 heavy (non-hydrogen) atoms. The van der Waals surface area contributed by atoms with Crippen LogP contribution in [0.1, 0.15) is 32.9 Å². The lowest BCUT2D eigenvalue weighted by atomic mass is 10.1. The number of amides is 2. The zero-order valence-electron chi connectivity index (χ0n) is 16.8. The molecule has 0 N–H and O–H groups in total. The van der Waals surface area contributed by atoms with Gasteiger partial charge in [0, 0.05) is 44.7 Å². The van der Waals surface area contributed by atoms with Gasteiger partial charge in [-0.25, -0.2) is 4.98 Å². The van der Waals surface area contributed by atoms with Crippen LogP contribution in [0.25, 0.3) is 10.9 Å². The Morgan fingerprint density at radius 3 is 2.23 bits per heavy atom. The number of hydrogen-bond acceptors (Lipinski definition) is 5. The van der Waals surface area contributed by atoms with E-state index in [4.69, 9.17) is 4.98 Å². The second-order valence-electron chi connectivity index (χ2n) is 7.81. The number of pyridine rings is 1. The van der Waals surface area contributed by atoms with Gasteiger partial charge >= 0.3 is 0 Å². The van der Waals surface area contributed by atoms with Gasteiger partial charge in [-0.2, -0.15) is 0 Å². The van der Waals surface area contributed by atoms with E-state index in [1.165, 1.54) is 11.3 Å². The number of carbonyl (C=O) groups excluding carboxylic acids is 2. The predicted molar refractivity (Wildman–Crippen MR) is 119 cm³/mol. The Morgan fingerprint density at radius 2 is 1.53 bits per heavy atom. The van der Waals surface area contributed by atoms with Crippen molar-refractivity contribution in [2.75, 3.05) is 44.2 Å². The SMILES string of the molecule is O=C(c1cccs1)N1CCN(C(=O)c2cc3ccccc3nc2N2CCCC2)CC1. The van der Waals surface area contributed by atoms with Gasteiger partial charge in [-0.3, -0.25) is 9.59 Å². The number of thiophene rings is 1. The maximum Gasteiger partial charge on any atom is 0.264 e. The molecule has 0 aliphatic carbocycles. The lowest BCUT2D eigenvalue weighted by Gasteiger charge is -2.35. The number of fused-ring (bicyclic) bond motifs is 1. The van der Waals surface area contributed by atoms with Crippen LogP contribution < -0.4 is 4.90 Å².